The second-order valence-electron chi connectivity index (χ2n) is 3.22. The van der Waals surface area contributed by atoms with Gasteiger partial charge in [0.25, 0.3) is 0 Å². The van der Waals surface area contributed by atoms with Crippen LogP contribution in [0, 0.1) is 0 Å². The van der Waals surface area contributed by atoms with Crippen LogP contribution in [0.2, 0.25) is 0 Å². The third-order valence-electron chi connectivity index (χ3n) is 2.15. The van der Waals surface area contributed by atoms with Crippen LogP contribution in [0.25, 0.3) is 5.82 Å². The molecule has 2 aromatic rings. The first kappa shape index (κ1) is 10.4. The van der Waals surface area contributed by atoms with Crippen molar-refractivity contribution in [2.24, 2.45) is 0 Å². The van der Waals surface area contributed by atoms with Gasteiger partial charge in [0, 0.05) is 18.8 Å². The normalized spacial score (nSPS) is 13.0. The largest absolute Gasteiger partial charge is 0.271 e. The van der Waals surface area contributed by atoms with E-state index in [1.165, 1.54) is 0 Å². The molecule has 0 radical (unpaired) electrons. The topological polar surface area (TPSA) is 48.5 Å². The SMILES string of the molecule is CCn1ccc(-n2nncc2C(C)Br)n1. The van der Waals surface area contributed by atoms with Crippen LogP contribution >= 0.6 is 15.9 Å². The molecule has 1 atom stereocenters. The Morgan fingerprint density at radius 3 is 2.93 bits per heavy atom. The fourth-order valence-corrected chi connectivity index (χ4v) is 1.64. The first-order valence-corrected chi connectivity index (χ1v) is 5.72. The zero-order chi connectivity index (χ0) is 10.8. The number of alkyl halides is 1. The van der Waals surface area contributed by atoms with Crippen molar-refractivity contribution >= 4 is 15.9 Å². The molecule has 6 heteroatoms. The van der Waals surface area contributed by atoms with Crippen LogP contribution in [0.4, 0.5) is 0 Å². The van der Waals surface area contributed by atoms with Crippen molar-refractivity contribution < 1.29 is 0 Å². The van der Waals surface area contributed by atoms with Crippen LogP contribution < -0.4 is 0 Å². The van der Waals surface area contributed by atoms with Crippen LogP contribution in [-0.2, 0) is 6.54 Å². The van der Waals surface area contributed by atoms with E-state index in [-0.39, 0.29) is 4.83 Å². The lowest BCUT2D eigenvalue weighted by molar-refractivity contribution is 0.637. The van der Waals surface area contributed by atoms with E-state index in [1.54, 1.807) is 10.9 Å². The van der Waals surface area contributed by atoms with Crippen molar-refractivity contribution in [3.63, 3.8) is 0 Å². The molecule has 0 aromatic carbocycles. The zero-order valence-electron chi connectivity index (χ0n) is 8.63. The van der Waals surface area contributed by atoms with E-state index in [9.17, 15) is 0 Å². The lowest BCUT2D eigenvalue weighted by atomic mass is 10.3. The smallest absolute Gasteiger partial charge is 0.177 e. The molecular formula is C9H12BrN5. The molecule has 2 heterocycles. The highest BCUT2D eigenvalue weighted by atomic mass is 79.9. The van der Waals surface area contributed by atoms with E-state index in [2.05, 4.69) is 31.3 Å². The Hall–Kier alpha value is -1.17. The van der Waals surface area contributed by atoms with Gasteiger partial charge < -0.3 is 0 Å². The van der Waals surface area contributed by atoms with Gasteiger partial charge >= 0.3 is 0 Å². The highest BCUT2D eigenvalue weighted by Gasteiger charge is 2.12. The molecular weight excluding hydrogens is 258 g/mol. The van der Waals surface area contributed by atoms with Crippen LogP contribution in [0.1, 0.15) is 24.4 Å². The van der Waals surface area contributed by atoms with Gasteiger partial charge in [-0.3, -0.25) is 4.68 Å². The molecule has 15 heavy (non-hydrogen) atoms. The maximum atomic E-state index is 4.37. The van der Waals surface area contributed by atoms with E-state index in [1.807, 2.05) is 30.8 Å². The molecule has 5 nitrogen and oxygen atoms in total. The standard InChI is InChI=1S/C9H12BrN5/c1-3-14-5-4-9(12-14)15-8(7(2)10)6-11-13-15/h4-7H,3H2,1-2H3. The van der Waals surface area contributed by atoms with Crippen molar-refractivity contribution in [2.75, 3.05) is 0 Å². The number of hydrogen-bond acceptors (Lipinski definition) is 3. The molecule has 2 rings (SSSR count). The average molecular weight is 270 g/mol. The second kappa shape index (κ2) is 4.14. The van der Waals surface area contributed by atoms with E-state index >= 15 is 0 Å². The van der Waals surface area contributed by atoms with Gasteiger partial charge in [0.15, 0.2) is 5.82 Å². The number of aromatic nitrogens is 5. The summed E-state index contributed by atoms with van der Waals surface area (Å²) in [5.74, 6) is 0.802. The molecule has 0 amide bonds. The van der Waals surface area contributed by atoms with Gasteiger partial charge in [-0.1, -0.05) is 21.1 Å². The van der Waals surface area contributed by atoms with Crippen LogP contribution in [0.3, 0.4) is 0 Å². The first-order valence-electron chi connectivity index (χ1n) is 4.81. The van der Waals surface area contributed by atoms with Crippen molar-refractivity contribution in [1.82, 2.24) is 24.8 Å². The predicted octanol–water partition coefficient (Wildman–Crippen LogP) is 1.94. The summed E-state index contributed by atoms with van der Waals surface area (Å²) >= 11 is 3.50. The highest BCUT2D eigenvalue weighted by molar-refractivity contribution is 9.09. The van der Waals surface area contributed by atoms with E-state index in [4.69, 9.17) is 0 Å². The number of halogens is 1. The molecule has 0 fully saturated rings. The van der Waals surface area contributed by atoms with E-state index < -0.39 is 0 Å². The fraction of sp³-hybridized carbons (Fsp3) is 0.444. The van der Waals surface area contributed by atoms with E-state index in [0.29, 0.717) is 0 Å². The Balaban J connectivity index is 2.40. The van der Waals surface area contributed by atoms with Crippen molar-refractivity contribution in [3.05, 3.63) is 24.2 Å². The summed E-state index contributed by atoms with van der Waals surface area (Å²) in [5.41, 5.74) is 0.997. The molecule has 0 saturated carbocycles. The molecule has 0 aliphatic heterocycles. The lowest BCUT2D eigenvalue weighted by Gasteiger charge is -2.03. The number of nitrogens with zero attached hydrogens (tertiary/aromatic N) is 5. The predicted molar refractivity (Wildman–Crippen MR) is 60.2 cm³/mol. The Labute approximate surface area is 96.2 Å². The average Bonchev–Trinajstić information content (AvgIpc) is 2.85. The van der Waals surface area contributed by atoms with Crippen molar-refractivity contribution in [2.45, 2.75) is 25.2 Å². The number of aryl methyl sites for hydroxylation is 1. The summed E-state index contributed by atoms with van der Waals surface area (Å²) in [7, 11) is 0. The third kappa shape index (κ3) is 1.94. The van der Waals surface area contributed by atoms with Crippen LogP contribution in [0.5, 0.6) is 0 Å². The van der Waals surface area contributed by atoms with Gasteiger partial charge in [-0.25, -0.2) is 0 Å². The molecule has 0 aliphatic rings. The zero-order valence-corrected chi connectivity index (χ0v) is 10.2. The highest BCUT2D eigenvalue weighted by Crippen LogP contribution is 2.21. The number of rotatable bonds is 3. The monoisotopic (exact) mass is 269 g/mol. The van der Waals surface area contributed by atoms with Crippen LogP contribution in [0.15, 0.2) is 18.5 Å². The van der Waals surface area contributed by atoms with E-state index in [0.717, 1.165) is 18.1 Å². The van der Waals surface area contributed by atoms with Gasteiger partial charge in [0.2, 0.25) is 0 Å². The van der Waals surface area contributed by atoms with Gasteiger partial charge in [0.05, 0.1) is 16.7 Å². The second-order valence-corrected chi connectivity index (χ2v) is 4.59. The minimum Gasteiger partial charge on any atom is -0.271 e. The van der Waals surface area contributed by atoms with Gasteiger partial charge in [0.1, 0.15) is 0 Å². The summed E-state index contributed by atoms with van der Waals surface area (Å²) in [4.78, 5) is 0.208. The minimum absolute atomic E-state index is 0.208. The Bertz CT molecular complexity index is 445. The summed E-state index contributed by atoms with van der Waals surface area (Å²) in [6, 6.07) is 1.93. The van der Waals surface area contributed by atoms with Gasteiger partial charge in [-0.15, -0.1) is 5.10 Å². The molecule has 2 aromatic heterocycles. The molecule has 0 spiro atoms. The molecule has 1 unspecified atom stereocenters. The Kier molecular flexibility index (Phi) is 2.86. The van der Waals surface area contributed by atoms with Gasteiger partial charge in [-0.2, -0.15) is 9.78 Å². The summed E-state index contributed by atoms with van der Waals surface area (Å²) in [5, 5.41) is 12.3. The molecule has 80 valence electrons. The lowest BCUT2D eigenvalue weighted by Crippen LogP contribution is -2.05. The maximum Gasteiger partial charge on any atom is 0.177 e. The van der Waals surface area contributed by atoms with Gasteiger partial charge in [-0.05, 0) is 13.8 Å². The molecule has 0 N–H and O–H groups in total. The molecule has 0 saturated heterocycles. The Morgan fingerprint density at radius 1 is 1.53 bits per heavy atom. The third-order valence-corrected chi connectivity index (χ3v) is 2.62. The van der Waals surface area contributed by atoms with Crippen molar-refractivity contribution in [1.29, 1.82) is 0 Å². The first-order chi connectivity index (χ1) is 7.22. The van der Waals surface area contributed by atoms with Crippen LogP contribution in [-0.4, -0.2) is 24.8 Å². The Morgan fingerprint density at radius 2 is 2.33 bits per heavy atom. The summed E-state index contributed by atoms with van der Waals surface area (Å²) < 4.78 is 3.60. The maximum absolute atomic E-state index is 4.37. The molecule has 0 aliphatic carbocycles. The minimum atomic E-state index is 0.208. The van der Waals surface area contributed by atoms with Crippen molar-refractivity contribution in [3.8, 4) is 5.82 Å². The number of hydrogen-bond donors (Lipinski definition) is 0. The fourth-order valence-electron chi connectivity index (χ4n) is 1.33. The molecule has 0 bridgehead atoms. The quantitative estimate of drug-likeness (QED) is 0.801. The summed E-state index contributed by atoms with van der Waals surface area (Å²) in [6.45, 7) is 4.94. The summed E-state index contributed by atoms with van der Waals surface area (Å²) in [6.07, 6.45) is 3.67.